The van der Waals surface area contributed by atoms with Gasteiger partial charge in [0.25, 0.3) is 11.5 Å². The lowest BCUT2D eigenvalue weighted by atomic mass is 10.1. The van der Waals surface area contributed by atoms with E-state index in [4.69, 9.17) is 9.47 Å². The van der Waals surface area contributed by atoms with Crippen molar-refractivity contribution in [3.8, 4) is 22.8 Å². The van der Waals surface area contributed by atoms with Crippen molar-refractivity contribution in [3.05, 3.63) is 58.8 Å². The van der Waals surface area contributed by atoms with Gasteiger partial charge < -0.3 is 14.8 Å². The van der Waals surface area contributed by atoms with E-state index in [1.54, 1.807) is 43.8 Å². The van der Waals surface area contributed by atoms with Crippen molar-refractivity contribution in [1.82, 2.24) is 25.1 Å². The van der Waals surface area contributed by atoms with Crippen LogP contribution in [0.1, 0.15) is 17.3 Å². The maximum absolute atomic E-state index is 12.8. The summed E-state index contributed by atoms with van der Waals surface area (Å²) in [6.07, 6.45) is 4.61. The van der Waals surface area contributed by atoms with Crippen LogP contribution in [0.5, 0.6) is 5.88 Å². The Morgan fingerprint density at radius 1 is 1.28 bits per heavy atom. The lowest BCUT2D eigenvalue weighted by molar-refractivity contribution is 0.0933. The Bertz CT molecular complexity index is 1030. The van der Waals surface area contributed by atoms with Crippen molar-refractivity contribution in [2.24, 2.45) is 5.92 Å². The Balaban J connectivity index is 1.76. The van der Waals surface area contributed by atoms with Crippen LogP contribution in [0.3, 0.4) is 0 Å². The molecule has 0 spiro atoms. The average Bonchev–Trinajstić information content (AvgIpc) is 3.13. The lowest BCUT2D eigenvalue weighted by Gasteiger charge is -2.11. The number of amides is 1. The molecule has 1 unspecified atom stereocenters. The van der Waals surface area contributed by atoms with Crippen molar-refractivity contribution in [3.63, 3.8) is 0 Å². The van der Waals surface area contributed by atoms with E-state index >= 15 is 0 Å². The fourth-order valence-electron chi connectivity index (χ4n) is 2.80. The molecule has 0 aliphatic carbocycles. The van der Waals surface area contributed by atoms with E-state index in [9.17, 15) is 9.59 Å². The second-order valence-corrected chi connectivity index (χ2v) is 6.59. The first-order valence-corrected chi connectivity index (χ1v) is 9.08. The molecule has 0 fully saturated rings. The highest BCUT2D eigenvalue weighted by molar-refractivity contribution is 5.93. The summed E-state index contributed by atoms with van der Waals surface area (Å²) in [7, 11) is 3.14. The van der Waals surface area contributed by atoms with Crippen LogP contribution in [-0.4, -0.2) is 53.0 Å². The van der Waals surface area contributed by atoms with Gasteiger partial charge in [-0.1, -0.05) is 6.92 Å². The van der Waals surface area contributed by atoms with E-state index in [0.717, 1.165) is 0 Å². The number of nitrogens with zero attached hydrogens (tertiary/aromatic N) is 3. The maximum atomic E-state index is 12.8. The summed E-state index contributed by atoms with van der Waals surface area (Å²) < 4.78 is 11.5. The summed E-state index contributed by atoms with van der Waals surface area (Å²) in [5, 5.41) is 5.73. The van der Waals surface area contributed by atoms with Crippen LogP contribution in [0, 0.1) is 5.92 Å². The van der Waals surface area contributed by atoms with Crippen LogP contribution < -0.4 is 15.6 Å². The van der Waals surface area contributed by atoms with Crippen LogP contribution in [0.25, 0.3) is 16.9 Å². The second-order valence-electron chi connectivity index (χ2n) is 6.59. The fourth-order valence-corrected chi connectivity index (χ4v) is 2.80. The predicted octanol–water partition coefficient (Wildman–Crippen LogP) is 1.64. The normalized spacial score (nSPS) is 11.8. The van der Waals surface area contributed by atoms with Crippen LogP contribution in [-0.2, 0) is 4.74 Å². The topological polar surface area (TPSA) is 111 Å². The van der Waals surface area contributed by atoms with Gasteiger partial charge in [-0.3, -0.25) is 14.7 Å². The molecule has 0 saturated carbocycles. The maximum Gasteiger partial charge on any atom is 0.280 e. The summed E-state index contributed by atoms with van der Waals surface area (Å²) in [6.45, 7) is 3.06. The molecule has 9 heteroatoms. The molecule has 3 heterocycles. The minimum atomic E-state index is -0.267. The summed E-state index contributed by atoms with van der Waals surface area (Å²) >= 11 is 0. The van der Waals surface area contributed by atoms with Crippen LogP contribution in [0.2, 0.25) is 0 Å². The first-order chi connectivity index (χ1) is 14.0. The molecule has 3 rings (SSSR count). The van der Waals surface area contributed by atoms with E-state index in [0.29, 0.717) is 41.5 Å². The Labute approximate surface area is 167 Å². The van der Waals surface area contributed by atoms with E-state index < -0.39 is 0 Å². The zero-order valence-electron chi connectivity index (χ0n) is 16.5. The molecule has 2 N–H and O–H groups in total. The van der Waals surface area contributed by atoms with Crippen LogP contribution in [0.4, 0.5) is 0 Å². The number of carbonyl (C=O) groups is 1. The minimum absolute atomic E-state index is 0.207. The van der Waals surface area contributed by atoms with Gasteiger partial charge in [0, 0.05) is 38.3 Å². The SMILES string of the molecule is COCC(C)CNC(=O)c1ccc(-n2[nH]cc(-c3ccnc(OC)c3)c2=O)nc1. The Kier molecular flexibility index (Phi) is 6.40. The number of hydrogen-bond acceptors (Lipinski definition) is 6. The number of nitrogens with one attached hydrogen (secondary N) is 2. The number of carbonyl (C=O) groups excluding carboxylic acids is 1. The number of aromatic amines is 1. The summed E-state index contributed by atoms with van der Waals surface area (Å²) in [6, 6.07) is 6.65. The van der Waals surface area contributed by atoms with Gasteiger partial charge in [0.05, 0.1) is 24.8 Å². The number of hydrogen-bond donors (Lipinski definition) is 2. The van der Waals surface area contributed by atoms with Gasteiger partial charge in [0.1, 0.15) is 0 Å². The van der Waals surface area contributed by atoms with Crippen LogP contribution in [0.15, 0.2) is 47.7 Å². The van der Waals surface area contributed by atoms with E-state index in [1.165, 1.54) is 18.0 Å². The molecule has 1 amide bonds. The van der Waals surface area contributed by atoms with Gasteiger partial charge in [0.15, 0.2) is 5.82 Å². The zero-order valence-corrected chi connectivity index (χ0v) is 16.5. The second kappa shape index (κ2) is 9.16. The predicted molar refractivity (Wildman–Crippen MR) is 107 cm³/mol. The number of H-pyrrole nitrogens is 1. The third-order valence-corrected chi connectivity index (χ3v) is 4.33. The Morgan fingerprint density at radius 2 is 2.10 bits per heavy atom. The molecule has 9 nitrogen and oxygen atoms in total. The first-order valence-electron chi connectivity index (χ1n) is 9.08. The van der Waals surface area contributed by atoms with Crippen molar-refractivity contribution >= 4 is 5.91 Å². The Morgan fingerprint density at radius 3 is 2.79 bits per heavy atom. The largest absolute Gasteiger partial charge is 0.481 e. The number of methoxy groups -OCH3 is 2. The molecule has 0 saturated heterocycles. The molecular weight excluding hydrogens is 374 g/mol. The minimum Gasteiger partial charge on any atom is -0.481 e. The Hall–Kier alpha value is -3.46. The van der Waals surface area contributed by atoms with Gasteiger partial charge in [-0.2, -0.15) is 0 Å². The average molecular weight is 397 g/mol. The number of rotatable bonds is 8. The van der Waals surface area contributed by atoms with Gasteiger partial charge in [-0.05, 0) is 29.7 Å². The molecule has 0 aliphatic rings. The first kappa shape index (κ1) is 20.3. The quantitative estimate of drug-likeness (QED) is 0.598. The number of ether oxygens (including phenoxy) is 2. The van der Waals surface area contributed by atoms with Gasteiger partial charge >= 0.3 is 0 Å². The van der Waals surface area contributed by atoms with Crippen molar-refractivity contribution in [1.29, 1.82) is 0 Å². The van der Waals surface area contributed by atoms with Crippen molar-refractivity contribution in [2.75, 3.05) is 27.4 Å². The van der Waals surface area contributed by atoms with E-state index in [1.807, 2.05) is 6.92 Å². The zero-order chi connectivity index (χ0) is 20.8. The van der Waals surface area contributed by atoms with Gasteiger partial charge in [-0.15, -0.1) is 0 Å². The van der Waals surface area contributed by atoms with Crippen molar-refractivity contribution in [2.45, 2.75) is 6.92 Å². The highest BCUT2D eigenvalue weighted by Gasteiger charge is 2.13. The van der Waals surface area contributed by atoms with Gasteiger partial charge in [0.2, 0.25) is 5.88 Å². The number of aromatic nitrogens is 4. The highest BCUT2D eigenvalue weighted by Crippen LogP contribution is 2.19. The fraction of sp³-hybridized carbons (Fsp3) is 0.300. The molecule has 29 heavy (non-hydrogen) atoms. The smallest absolute Gasteiger partial charge is 0.280 e. The molecule has 1 atom stereocenters. The third-order valence-electron chi connectivity index (χ3n) is 4.33. The highest BCUT2D eigenvalue weighted by atomic mass is 16.5. The molecule has 0 aromatic carbocycles. The van der Waals surface area contributed by atoms with Crippen molar-refractivity contribution < 1.29 is 14.3 Å². The molecule has 152 valence electrons. The van der Waals surface area contributed by atoms with E-state index in [2.05, 4.69) is 20.4 Å². The summed E-state index contributed by atoms with van der Waals surface area (Å²) in [5.74, 6) is 0.781. The summed E-state index contributed by atoms with van der Waals surface area (Å²) in [4.78, 5) is 33.3. The standard InChI is InChI=1S/C20H23N5O4/c1-13(12-28-2)9-23-19(26)15-4-5-17(22-10-15)25-20(27)16(11-24-25)14-6-7-21-18(8-14)29-3/h4-8,10-11,13,24H,9,12H2,1-3H3,(H,23,26). The molecule has 0 radical (unpaired) electrons. The van der Waals surface area contributed by atoms with E-state index in [-0.39, 0.29) is 17.4 Å². The molecular formula is C20H23N5O4. The van der Waals surface area contributed by atoms with Crippen LogP contribution >= 0.6 is 0 Å². The summed E-state index contributed by atoms with van der Waals surface area (Å²) in [5.41, 5.74) is 1.29. The van der Waals surface area contributed by atoms with Gasteiger partial charge in [-0.25, -0.2) is 14.6 Å². The molecule has 3 aromatic rings. The third kappa shape index (κ3) is 4.69. The monoisotopic (exact) mass is 397 g/mol. The number of pyridine rings is 2. The molecule has 0 bridgehead atoms. The molecule has 0 aliphatic heterocycles. The lowest BCUT2D eigenvalue weighted by Crippen LogP contribution is -2.30. The molecule has 3 aromatic heterocycles.